The van der Waals surface area contributed by atoms with Crippen LogP contribution in [0.25, 0.3) is 0 Å². The Morgan fingerprint density at radius 2 is 1.71 bits per heavy atom. The lowest BCUT2D eigenvalue weighted by molar-refractivity contribution is -0.153. The van der Waals surface area contributed by atoms with E-state index >= 15 is 0 Å². The lowest BCUT2D eigenvalue weighted by Gasteiger charge is -2.54. The molecular formula is C14H22O3. The number of ether oxygens (including phenoxy) is 1. The second-order valence-electron chi connectivity index (χ2n) is 6.47. The number of carbonyl (C=O) groups is 1. The maximum Gasteiger partial charge on any atom is 0.308 e. The van der Waals surface area contributed by atoms with Crippen LogP contribution in [0.15, 0.2) is 0 Å². The highest BCUT2D eigenvalue weighted by atomic mass is 16.5. The third kappa shape index (κ3) is 2.10. The minimum atomic E-state index is -0.742. The molecule has 0 amide bonds. The van der Waals surface area contributed by atoms with E-state index < -0.39 is 5.97 Å². The average molecular weight is 238 g/mol. The highest BCUT2D eigenvalue weighted by Crippen LogP contribution is 2.54. The van der Waals surface area contributed by atoms with Gasteiger partial charge in [0.15, 0.2) is 0 Å². The zero-order valence-corrected chi connectivity index (χ0v) is 10.5. The minimum absolute atomic E-state index is 0.365. The first-order valence-electron chi connectivity index (χ1n) is 6.98. The molecule has 1 unspecified atom stereocenters. The fourth-order valence-electron chi connectivity index (χ4n) is 4.47. The van der Waals surface area contributed by atoms with Gasteiger partial charge in [0.2, 0.25) is 0 Å². The minimum Gasteiger partial charge on any atom is -0.481 e. The third-order valence-corrected chi connectivity index (χ3v) is 5.10. The third-order valence-electron chi connectivity index (χ3n) is 5.10. The van der Waals surface area contributed by atoms with Crippen molar-refractivity contribution in [3.05, 3.63) is 0 Å². The largest absolute Gasteiger partial charge is 0.481 e. The topological polar surface area (TPSA) is 46.5 Å². The van der Waals surface area contributed by atoms with E-state index in [1.807, 2.05) is 0 Å². The Morgan fingerprint density at radius 1 is 1.18 bits per heavy atom. The molecule has 0 aliphatic heterocycles. The Labute approximate surface area is 103 Å². The van der Waals surface area contributed by atoms with Crippen molar-refractivity contribution >= 4 is 5.97 Å². The number of aliphatic carboxylic acids is 1. The van der Waals surface area contributed by atoms with Crippen LogP contribution in [-0.2, 0) is 9.53 Å². The maximum absolute atomic E-state index is 10.8. The van der Waals surface area contributed by atoms with Crippen LogP contribution in [0.3, 0.4) is 0 Å². The second-order valence-corrected chi connectivity index (χ2v) is 6.47. The van der Waals surface area contributed by atoms with E-state index in [0.29, 0.717) is 12.7 Å². The van der Waals surface area contributed by atoms with Crippen LogP contribution in [0.1, 0.15) is 39.0 Å². The van der Waals surface area contributed by atoms with Gasteiger partial charge in [0.05, 0.1) is 18.6 Å². The molecular weight excluding hydrogens is 216 g/mol. The molecule has 0 aromatic rings. The Morgan fingerprint density at radius 3 is 2.18 bits per heavy atom. The smallest absolute Gasteiger partial charge is 0.308 e. The van der Waals surface area contributed by atoms with Gasteiger partial charge in [0, 0.05) is 0 Å². The lowest BCUT2D eigenvalue weighted by atomic mass is 9.55. The summed E-state index contributed by atoms with van der Waals surface area (Å²) in [7, 11) is 0. The van der Waals surface area contributed by atoms with Crippen molar-refractivity contribution in [3.63, 3.8) is 0 Å². The van der Waals surface area contributed by atoms with Crippen molar-refractivity contribution in [1.82, 2.24) is 0 Å². The van der Waals surface area contributed by atoms with Crippen LogP contribution >= 0.6 is 0 Å². The lowest BCUT2D eigenvalue weighted by Crippen LogP contribution is -2.49. The first-order chi connectivity index (χ1) is 8.13. The highest BCUT2D eigenvalue weighted by molar-refractivity contribution is 5.69. The first kappa shape index (κ1) is 11.5. The molecule has 0 saturated heterocycles. The monoisotopic (exact) mass is 238 g/mol. The van der Waals surface area contributed by atoms with E-state index in [1.54, 1.807) is 6.92 Å². The molecule has 0 radical (unpaired) electrons. The molecule has 4 aliphatic carbocycles. The van der Waals surface area contributed by atoms with Crippen LogP contribution in [0.4, 0.5) is 0 Å². The molecule has 4 bridgehead atoms. The van der Waals surface area contributed by atoms with E-state index in [0.717, 1.165) is 23.7 Å². The van der Waals surface area contributed by atoms with Crippen molar-refractivity contribution in [2.75, 3.05) is 6.61 Å². The summed E-state index contributed by atoms with van der Waals surface area (Å²) in [6, 6.07) is 0. The summed E-state index contributed by atoms with van der Waals surface area (Å²) in [6.45, 7) is 2.13. The summed E-state index contributed by atoms with van der Waals surface area (Å²) in [5, 5.41) is 8.88. The summed E-state index contributed by atoms with van der Waals surface area (Å²) in [4.78, 5) is 10.8. The first-order valence-corrected chi connectivity index (χ1v) is 6.98. The van der Waals surface area contributed by atoms with Gasteiger partial charge in [-0.3, -0.25) is 4.79 Å². The summed E-state index contributed by atoms with van der Waals surface area (Å²) in [5.74, 6) is 2.25. The molecule has 4 fully saturated rings. The van der Waals surface area contributed by atoms with Gasteiger partial charge in [-0.2, -0.15) is 0 Å². The Balaban J connectivity index is 1.59. The van der Waals surface area contributed by atoms with Crippen LogP contribution in [-0.4, -0.2) is 23.8 Å². The molecule has 96 valence electrons. The van der Waals surface area contributed by atoms with Crippen molar-refractivity contribution < 1.29 is 14.6 Å². The van der Waals surface area contributed by atoms with Gasteiger partial charge >= 0.3 is 5.97 Å². The van der Waals surface area contributed by atoms with Gasteiger partial charge < -0.3 is 9.84 Å². The fraction of sp³-hybridized carbons (Fsp3) is 0.929. The van der Waals surface area contributed by atoms with Gasteiger partial charge in [-0.25, -0.2) is 0 Å². The molecule has 0 aromatic carbocycles. The Bertz CT molecular complexity index is 285. The predicted octanol–water partition coefficient (Wildman–Crippen LogP) is 2.55. The number of carboxylic acid groups (broad SMARTS) is 1. The number of rotatable bonds is 4. The molecule has 0 spiro atoms. The van der Waals surface area contributed by atoms with Gasteiger partial charge in [-0.1, -0.05) is 0 Å². The molecule has 3 nitrogen and oxygen atoms in total. The highest BCUT2D eigenvalue weighted by Gasteiger charge is 2.48. The van der Waals surface area contributed by atoms with Gasteiger partial charge in [0.1, 0.15) is 0 Å². The predicted molar refractivity (Wildman–Crippen MR) is 63.6 cm³/mol. The summed E-state index contributed by atoms with van der Waals surface area (Å²) in [6.07, 6.45) is 7.14. The molecule has 3 heteroatoms. The van der Waals surface area contributed by atoms with Crippen LogP contribution in [0.2, 0.25) is 0 Å². The normalized spacial score (nSPS) is 44.9. The molecule has 4 saturated carbocycles. The summed E-state index contributed by atoms with van der Waals surface area (Å²) in [5.41, 5.74) is 0. The van der Waals surface area contributed by atoms with Crippen molar-refractivity contribution in [2.24, 2.45) is 29.6 Å². The Kier molecular flexibility index (Phi) is 2.89. The summed E-state index contributed by atoms with van der Waals surface area (Å²) < 4.78 is 5.96. The maximum atomic E-state index is 10.8. The quantitative estimate of drug-likeness (QED) is 0.818. The van der Waals surface area contributed by atoms with E-state index in [4.69, 9.17) is 9.84 Å². The number of carboxylic acids is 1. The molecule has 0 aromatic heterocycles. The standard InChI is InChI=1S/C14H22O3/c1-8(14(15)16)7-17-13-11-3-9-2-10(5-11)6-12(13)4-9/h8-13H,2-7H2,1H3,(H,15,16). The van der Waals surface area contributed by atoms with Gasteiger partial charge in [-0.15, -0.1) is 0 Å². The van der Waals surface area contributed by atoms with Gasteiger partial charge in [0.25, 0.3) is 0 Å². The van der Waals surface area contributed by atoms with E-state index in [1.165, 1.54) is 32.1 Å². The van der Waals surface area contributed by atoms with E-state index in [2.05, 4.69) is 0 Å². The fourth-order valence-corrected chi connectivity index (χ4v) is 4.47. The van der Waals surface area contributed by atoms with E-state index in [-0.39, 0.29) is 5.92 Å². The van der Waals surface area contributed by atoms with Crippen LogP contribution in [0.5, 0.6) is 0 Å². The van der Waals surface area contributed by atoms with Crippen LogP contribution in [0, 0.1) is 29.6 Å². The zero-order chi connectivity index (χ0) is 12.0. The molecule has 17 heavy (non-hydrogen) atoms. The Hall–Kier alpha value is -0.570. The molecule has 0 heterocycles. The zero-order valence-electron chi connectivity index (χ0n) is 10.5. The second kappa shape index (κ2) is 4.27. The van der Waals surface area contributed by atoms with Crippen molar-refractivity contribution in [3.8, 4) is 0 Å². The molecule has 4 rings (SSSR count). The average Bonchev–Trinajstić information content (AvgIpc) is 2.26. The van der Waals surface area contributed by atoms with Crippen molar-refractivity contribution in [1.29, 1.82) is 0 Å². The number of hydrogen-bond acceptors (Lipinski definition) is 2. The van der Waals surface area contributed by atoms with Crippen molar-refractivity contribution in [2.45, 2.75) is 45.1 Å². The summed E-state index contributed by atoms with van der Waals surface area (Å²) >= 11 is 0. The molecule has 1 atom stereocenters. The van der Waals surface area contributed by atoms with Crippen LogP contribution < -0.4 is 0 Å². The SMILES string of the molecule is CC(COC1C2CC3CC(C2)CC1C3)C(=O)O. The molecule has 1 N–H and O–H groups in total. The van der Waals surface area contributed by atoms with E-state index in [9.17, 15) is 4.79 Å². The number of hydrogen-bond donors (Lipinski definition) is 1. The molecule has 4 aliphatic rings. The van der Waals surface area contributed by atoms with Gasteiger partial charge in [-0.05, 0) is 62.7 Å².